The van der Waals surface area contributed by atoms with Gasteiger partial charge in [-0.3, -0.25) is 4.79 Å². The number of carbonyl (C=O) groups excluding carboxylic acids is 1. The van der Waals surface area contributed by atoms with E-state index >= 15 is 0 Å². The molecule has 1 saturated carbocycles. The van der Waals surface area contributed by atoms with Crippen LogP contribution in [0, 0.1) is 5.92 Å². The number of halogens is 1. The summed E-state index contributed by atoms with van der Waals surface area (Å²) in [5, 5.41) is 2.97. The number of nitrogens with one attached hydrogen (secondary N) is 1. The van der Waals surface area contributed by atoms with E-state index in [0.717, 1.165) is 25.7 Å². The van der Waals surface area contributed by atoms with Gasteiger partial charge in [0.2, 0.25) is 5.91 Å². The first-order chi connectivity index (χ1) is 10.1. The van der Waals surface area contributed by atoms with Crippen molar-refractivity contribution < 1.29 is 9.53 Å². The van der Waals surface area contributed by atoms with Crippen LogP contribution in [0.5, 0.6) is 0 Å². The monoisotopic (exact) mass is 326 g/mol. The molecule has 1 atom stereocenters. The fraction of sp³-hybridized carbons (Fsp3) is 0.588. The van der Waals surface area contributed by atoms with Crippen molar-refractivity contribution in [3.05, 3.63) is 35.9 Å². The highest BCUT2D eigenvalue weighted by atomic mass is 35.5. The number of ether oxygens (including phenoxy) is 1. The van der Waals surface area contributed by atoms with E-state index in [9.17, 15) is 4.79 Å². The van der Waals surface area contributed by atoms with E-state index in [4.69, 9.17) is 10.5 Å². The van der Waals surface area contributed by atoms with Crippen molar-refractivity contribution in [2.24, 2.45) is 11.7 Å². The van der Waals surface area contributed by atoms with E-state index < -0.39 is 5.54 Å². The Hall–Kier alpha value is -1.10. The third-order valence-electron chi connectivity index (χ3n) is 4.07. The van der Waals surface area contributed by atoms with Gasteiger partial charge in [0.25, 0.3) is 0 Å². The molecule has 0 heterocycles. The van der Waals surface area contributed by atoms with Crippen molar-refractivity contribution >= 4 is 18.3 Å². The number of amides is 1. The summed E-state index contributed by atoms with van der Waals surface area (Å²) in [4.78, 5) is 12.1. The van der Waals surface area contributed by atoms with Gasteiger partial charge in [-0.2, -0.15) is 0 Å². The van der Waals surface area contributed by atoms with Crippen LogP contribution in [-0.4, -0.2) is 24.6 Å². The van der Waals surface area contributed by atoms with Crippen molar-refractivity contribution in [3.8, 4) is 0 Å². The van der Waals surface area contributed by atoms with Gasteiger partial charge in [0.1, 0.15) is 0 Å². The highest BCUT2D eigenvalue weighted by molar-refractivity contribution is 5.86. The Labute approximate surface area is 139 Å². The molecule has 22 heavy (non-hydrogen) atoms. The lowest BCUT2D eigenvalue weighted by Crippen LogP contribution is -2.52. The Balaban J connectivity index is 0.00000242. The van der Waals surface area contributed by atoms with Gasteiger partial charge >= 0.3 is 0 Å². The van der Waals surface area contributed by atoms with Crippen molar-refractivity contribution in [1.82, 2.24) is 5.32 Å². The maximum Gasteiger partial charge on any atom is 0.240 e. The summed E-state index contributed by atoms with van der Waals surface area (Å²) in [7, 11) is 0. The van der Waals surface area contributed by atoms with Gasteiger partial charge in [0.05, 0.1) is 18.8 Å². The van der Waals surface area contributed by atoms with E-state index in [2.05, 4.69) is 12.2 Å². The molecule has 0 aliphatic heterocycles. The summed E-state index contributed by atoms with van der Waals surface area (Å²) in [6.07, 6.45) is 3.72. The fourth-order valence-electron chi connectivity index (χ4n) is 2.69. The van der Waals surface area contributed by atoms with Crippen LogP contribution in [0.3, 0.4) is 0 Å². The number of nitrogens with two attached hydrogens (primary N) is 1. The van der Waals surface area contributed by atoms with Gasteiger partial charge in [0, 0.05) is 6.54 Å². The molecule has 2 rings (SSSR count). The maximum absolute atomic E-state index is 12.1. The molecule has 1 fully saturated rings. The summed E-state index contributed by atoms with van der Waals surface area (Å²) in [6.45, 7) is 3.93. The molecule has 5 heteroatoms. The van der Waals surface area contributed by atoms with Crippen molar-refractivity contribution in [2.45, 2.75) is 44.8 Å². The van der Waals surface area contributed by atoms with Crippen LogP contribution in [0.2, 0.25) is 0 Å². The standard InChI is InChI=1S/C17H26N2O2.ClH/c1-14(12-21-13-15-7-3-2-4-8-15)11-19-16(20)17(18)9-5-6-10-17;/h2-4,7-8,14H,5-6,9-13,18H2,1H3,(H,19,20);1H. The zero-order valence-corrected chi connectivity index (χ0v) is 14.0. The summed E-state index contributed by atoms with van der Waals surface area (Å²) < 4.78 is 5.68. The van der Waals surface area contributed by atoms with E-state index in [1.165, 1.54) is 5.56 Å². The minimum Gasteiger partial charge on any atom is -0.376 e. The minimum atomic E-state index is -0.634. The molecular formula is C17H27ClN2O2. The number of benzene rings is 1. The van der Waals surface area contributed by atoms with Gasteiger partial charge in [-0.1, -0.05) is 50.1 Å². The average Bonchev–Trinajstić information content (AvgIpc) is 2.94. The molecule has 1 aromatic carbocycles. The van der Waals surface area contributed by atoms with Gasteiger partial charge in [-0.15, -0.1) is 12.4 Å². The van der Waals surface area contributed by atoms with Gasteiger partial charge in [-0.25, -0.2) is 0 Å². The predicted octanol–water partition coefficient (Wildman–Crippen LogP) is 2.65. The first-order valence-electron chi connectivity index (χ1n) is 7.79. The van der Waals surface area contributed by atoms with Crippen LogP contribution >= 0.6 is 12.4 Å². The quantitative estimate of drug-likeness (QED) is 0.809. The van der Waals surface area contributed by atoms with Crippen LogP contribution in [0.15, 0.2) is 30.3 Å². The Bertz CT molecular complexity index is 447. The van der Waals surface area contributed by atoms with E-state index in [1.54, 1.807) is 0 Å². The van der Waals surface area contributed by atoms with E-state index in [-0.39, 0.29) is 24.2 Å². The largest absolute Gasteiger partial charge is 0.376 e. The molecule has 3 N–H and O–H groups in total. The molecule has 4 nitrogen and oxygen atoms in total. The van der Waals surface area contributed by atoms with Crippen LogP contribution < -0.4 is 11.1 Å². The zero-order chi connectivity index (χ0) is 15.1. The molecule has 0 radical (unpaired) electrons. The number of rotatable bonds is 7. The lowest BCUT2D eigenvalue weighted by molar-refractivity contribution is -0.126. The second kappa shape index (κ2) is 9.13. The molecule has 1 aromatic rings. The SMILES string of the molecule is CC(CNC(=O)C1(N)CCCC1)COCc1ccccc1.Cl. The van der Waals surface area contributed by atoms with Crippen LogP contribution in [-0.2, 0) is 16.1 Å². The first kappa shape index (κ1) is 18.9. The second-order valence-electron chi connectivity index (χ2n) is 6.18. The summed E-state index contributed by atoms with van der Waals surface area (Å²) in [6, 6.07) is 10.1. The normalized spacial score (nSPS) is 17.5. The molecule has 0 aromatic heterocycles. The molecule has 124 valence electrons. The number of carbonyl (C=O) groups is 1. The molecular weight excluding hydrogens is 300 g/mol. The van der Waals surface area contributed by atoms with Crippen LogP contribution in [0.4, 0.5) is 0 Å². The smallest absolute Gasteiger partial charge is 0.240 e. The van der Waals surface area contributed by atoms with Crippen LogP contribution in [0.1, 0.15) is 38.2 Å². The second-order valence-corrected chi connectivity index (χ2v) is 6.18. The Kier molecular flexibility index (Phi) is 7.87. The highest BCUT2D eigenvalue weighted by Gasteiger charge is 2.36. The molecule has 1 aliphatic carbocycles. The van der Waals surface area contributed by atoms with Crippen molar-refractivity contribution in [2.75, 3.05) is 13.2 Å². The van der Waals surface area contributed by atoms with Crippen molar-refractivity contribution in [3.63, 3.8) is 0 Å². The highest BCUT2D eigenvalue weighted by Crippen LogP contribution is 2.27. The lowest BCUT2D eigenvalue weighted by atomic mass is 9.98. The summed E-state index contributed by atoms with van der Waals surface area (Å²) in [5.41, 5.74) is 6.65. The van der Waals surface area contributed by atoms with Gasteiger partial charge in [0.15, 0.2) is 0 Å². The van der Waals surface area contributed by atoms with Gasteiger partial charge < -0.3 is 15.8 Å². The Morgan fingerprint density at radius 1 is 1.32 bits per heavy atom. The molecule has 0 spiro atoms. The summed E-state index contributed by atoms with van der Waals surface area (Å²) in [5.74, 6) is 0.276. The number of hydrogen-bond acceptors (Lipinski definition) is 3. The molecule has 0 saturated heterocycles. The molecule has 1 amide bonds. The number of hydrogen-bond donors (Lipinski definition) is 2. The third kappa shape index (κ3) is 5.59. The van der Waals surface area contributed by atoms with E-state index in [1.807, 2.05) is 30.3 Å². The maximum atomic E-state index is 12.1. The topological polar surface area (TPSA) is 64.4 Å². The predicted molar refractivity (Wildman–Crippen MR) is 90.9 cm³/mol. The molecule has 0 bridgehead atoms. The Morgan fingerprint density at radius 3 is 2.59 bits per heavy atom. The van der Waals surface area contributed by atoms with Crippen LogP contribution in [0.25, 0.3) is 0 Å². The van der Waals surface area contributed by atoms with Gasteiger partial charge in [-0.05, 0) is 24.3 Å². The first-order valence-corrected chi connectivity index (χ1v) is 7.79. The van der Waals surface area contributed by atoms with Crippen molar-refractivity contribution in [1.29, 1.82) is 0 Å². The molecule has 1 unspecified atom stereocenters. The average molecular weight is 327 g/mol. The molecule has 1 aliphatic rings. The fourth-order valence-corrected chi connectivity index (χ4v) is 2.69. The Morgan fingerprint density at radius 2 is 1.95 bits per heavy atom. The summed E-state index contributed by atoms with van der Waals surface area (Å²) >= 11 is 0. The lowest BCUT2D eigenvalue weighted by Gasteiger charge is -2.23. The minimum absolute atomic E-state index is 0. The van der Waals surface area contributed by atoms with E-state index in [0.29, 0.717) is 19.8 Å². The zero-order valence-electron chi connectivity index (χ0n) is 13.2. The third-order valence-corrected chi connectivity index (χ3v) is 4.07.